The molecule has 2 N–H and O–H groups in total. The number of carboxylic acid groups (broad SMARTS) is 1. The second-order valence-electron chi connectivity index (χ2n) is 13.1. The van der Waals surface area contributed by atoms with Crippen LogP contribution in [0.1, 0.15) is 22.9 Å². The number of carboxylic acids is 1. The molecule has 18 nitrogen and oxygen atoms in total. The van der Waals surface area contributed by atoms with Gasteiger partial charge in [0.2, 0.25) is 11.8 Å². The molecule has 0 bridgehead atoms. The van der Waals surface area contributed by atoms with E-state index in [1.165, 1.54) is 58.5 Å². The average molecular weight is 712 g/mol. The second kappa shape index (κ2) is 12.1. The van der Waals surface area contributed by atoms with E-state index in [1.807, 2.05) is 0 Å². The van der Waals surface area contributed by atoms with Gasteiger partial charge in [0.25, 0.3) is 16.8 Å². The molecule has 2 aliphatic heterocycles. The first kappa shape index (κ1) is 34.0. The molecule has 2 amide bonds. The lowest BCUT2D eigenvalue weighted by atomic mass is 9.76. The Bertz CT molecular complexity index is 2510. The zero-order valence-corrected chi connectivity index (χ0v) is 28.4. The van der Waals surface area contributed by atoms with Crippen LogP contribution in [0, 0.1) is 28.9 Å². The maximum absolute atomic E-state index is 14.4. The van der Waals surface area contributed by atoms with Crippen LogP contribution in [0.25, 0.3) is 16.9 Å². The molecular formula is C34H33N9O9. The van der Waals surface area contributed by atoms with E-state index in [2.05, 4.69) is 10.3 Å². The van der Waals surface area contributed by atoms with Gasteiger partial charge >= 0.3 is 11.7 Å². The number of rotatable bonds is 9. The number of hydrogen-bond donors (Lipinski definition) is 2. The first-order chi connectivity index (χ1) is 24.7. The Morgan fingerprint density at radius 2 is 1.62 bits per heavy atom. The van der Waals surface area contributed by atoms with E-state index in [1.54, 1.807) is 49.0 Å². The summed E-state index contributed by atoms with van der Waals surface area (Å²) in [5.41, 5.74) is -2.45. The molecule has 2 saturated heterocycles. The highest BCUT2D eigenvalue weighted by molar-refractivity contribution is 6.09. The third-order valence-electron chi connectivity index (χ3n) is 10.4. The molecule has 2 aromatic carbocycles. The predicted octanol–water partition coefficient (Wildman–Crippen LogP) is 0.152. The molecule has 268 valence electrons. The lowest BCUT2D eigenvalue weighted by molar-refractivity contribution is -0.384. The molecular weight excluding hydrogens is 678 g/mol. The Hall–Kier alpha value is -6.43. The summed E-state index contributed by atoms with van der Waals surface area (Å²) in [7, 11) is 4.43. The number of nitrogens with zero attached hydrogens (tertiary/aromatic N) is 8. The number of imide groups is 1. The van der Waals surface area contributed by atoms with E-state index >= 15 is 0 Å². The minimum Gasteiger partial charge on any atom is -0.480 e. The van der Waals surface area contributed by atoms with Gasteiger partial charge in [-0.3, -0.25) is 58.1 Å². The summed E-state index contributed by atoms with van der Waals surface area (Å²) in [5, 5.41) is 25.3. The fourth-order valence-electron chi connectivity index (χ4n) is 7.74. The number of fused-ring (bicyclic) bond motifs is 2. The van der Waals surface area contributed by atoms with Gasteiger partial charge in [-0.1, -0.05) is 30.3 Å². The van der Waals surface area contributed by atoms with Crippen LogP contribution in [0.4, 0.5) is 5.69 Å². The minimum absolute atomic E-state index is 0.0721. The molecule has 0 radical (unpaired) electrons. The van der Waals surface area contributed by atoms with Crippen molar-refractivity contribution < 1.29 is 24.4 Å². The second-order valence-corrected chi connectivity index (χ2v) is 13.1. The van der Waals surface area contributed by atoms with Crippen molar-refractivity contribution in [2.45, 2.75) is 31.5 Å². The molecule has 4 unspecified atom stereocenters. The van der Waals surface area contributed by atoms with Crippen molar-refractivity contribution in [1.82, 2.24) is 38.3 Å². The fraction of sp³-hybridized carbons (Fsp3) is 0.324. The molecule has 18 heteroatoms. The van der Waals surface area contributed by atoms with Gasteiger partial charge in [-0.2, -0.15) is 0 Å². The number of imidazole rings is 1. The number of carbonyl (C=O) groups is 3. The first-order valence-electron chi connectivity index (χ1n) is 16.2. The summed E-state index contributed by atoms with van der Waals surface area (Å²) < 4.78 is 6.52. The molecule has 3 aromatic heterocycles. The van der Waals surface area contributed by atoms with Crippen LogP contribution in [-0.2, 0) is 48.5 Å². The van der Waals surface area contributed by atoms with E-state index in [9.17, 15) is 44.0 Å². The first-order valence-corrected chi connectivity index (χ1v) is 16.2. The Morgan fingerprint density at radius 1 is 0.942 bits per heavy atom. The monoisotopic (exact) mass is 711 g/mol. The number of para-hydroxylation sites is 1. The lowest BCUT2D eigenvalue weighted by Gasteiger charge is -2.31. The number of amides is 2. The highest BCUT2D eigenvalue weighted by Gasteiger charge is 2.69. The minimum atomic E-state index is -2.12. The number of carbonyl (C=O) groups excluding carboxylic acids is 2. The molecule has 4 atom stereocenters. The van der Waals surface area contributed by atoms with Gasteiger partial charge in [-0.05, 0) is 24.6 Å². The smallest absolute Gasteiger partial charge is 0.332 e. The van der Waals surface area contributed by atoms with Gasteiger partial charge in [-0.15, -0.1) is 0 Å². The van der Waals surface area contributed by atoms with Crippen molar-refractivity contribution in [3.8, 4) is 5.69 Å². The normalized spacial score (nSPS) is 21.3. The molecule has 0 saturated carbocycles. The number of aliphatic carboxylic acids is 1. The SMILES string of the molecule is Cc1c(C2NC(Cc3ccc([N+](=O)[O-])cc3)(C(=O)O)C3C(=O)N(CCn4cnc5c4c(=O)n(C)c(=O)n5C)C(=O)C23)c(=O)n(-c2ccccc2)n1C. The number of benzene rings is 2. The summed E-state index contributed by atoms with van der Waals surface area (Å²) >= 11 is 0. The number of nitro groups is 1. The number of nitrogens with one attached hydrogen (secondary N) is 1. The summed E-state index contributed by atoms with van der Waals surface area (Å²) in [6, 6.07) is 12.7. The maximum atomic E-state index is 14.4. The van der Waals surface area contributed by atoms with Crippen LogP contribution in [0.15, 0.2) is 75.3 Å². The van der Waals surface area contributed by atoms with Crippen LogP contribution < -0.4 is 22.1 Å². The van der Waals surface area contributed by atoms with Gasteiger partial charge in [0.05, 0.1) is 40.4 Å². The third kappa shape index (κ3) is 4.85. The Balaban J connectivity index is 1.33. The van der Waals surface area contributed by atoms with Crippen molar-refractivity contribution in [2.24, 2.45) is 33.0 Å². The van der Waals surface area contributed by atoms with Crippen molar-refractivity contribution in [3.05, 3.63) is 119 Å². The zero-order chi connectivity index (χ0) is 37.4. The van der Waals surface area contributed by atoms with E-state index in [0.717, 1.165) is 9.47 Å². The molecule has 5 aromatic rings. The van der Waals surface area contributed by atoms with Crippen LogP contribution in [0.2, 0.25) is 0 Å². The molecule has 7 rings (SSSR count). The number of non-ortho nitro benzene ring substituents is 1. The third-order valence-corrected chi connectivity index (χ3v) is 10.4. The number of hydrogen-bond acceptors (Lipinski definition) is 10. The highest BCUT2D eigenvalue weighted by Crippen LogP contribution is 2.50. The molecule has 0 aliphatic carbocycles. The van der Waals surface area contributed by atoms with Crippen LogP contribution in [-0.4, -0.2) is 72.8 Å². The number of aryl methyl sites for hydroxylation is 1. The van der Waals surface area contributed by atoms with Crippen molar-refractivity contribution in [2.75, 3.05) is 6.54 Å². The summed E-state index contributed by atoms with van der Waals surface area (Å²) in [5.74, 6) is -5.77. The summed E-state index contributed by atoms with van der Waals surface area (Å²) in [6.07, 6.45) is 0.969. The highest BCUT2D eigenvalue weighted by atomic mass is 16.6. The maximum Gasteiger partial charge on any atom is 0.332 e. The molecule has 2 aliphatic rings. The van der Waals surface area contributed by atoms with Gasteiger partial charge in [-0.25, -0.2) is 14.5 Å². The van der Waals surface area contributed by atoms with E-state index < -0.39 is 62.9 Å². The van der Waals surface area contributed by atoms with Crippen LogP contribution in [0.3, 0.4) is 0 Å². The van der Waals surface area contributed by atoms with Crippen LogP contribution >= 0.6 is 0 Å². The molecule has 5 heterocycles. The standard InChI is InChI=1S/C34H33N9O9/c1-18-22(29(45)42(39(18)4)20-8-6-5-7-9-20)25-23-24(34(36-25,32(48)49)16-19-10-12-21(13-11-19)43(51)52)30(46)41(28(23)44)15-14-40-17-35-27-26(40)31(47)38(3)33(50)37(27)2/h5-13,17,23-25,36H,14-16H2,1-4H3,(H,48,49). The fourth-order valence-corrected chi connectivity index (χ4v) is 7.74. The van der Waals surface area contributed by atoms with Crippen molar-refractivity contribution in [1.29, 1.82) is 0 Å². The summed E-state index contributed by atoms with van der Waals surface area (Å²) in [6.45, 7) is 1.29. The molecule has 2 fully saturated rings. The zero-order valence-electron chi connectivity index (χ0n) is 28.4. The Kier molecular flexibility index (Phi) is 7.93. The van der Waals surface area contributed by atoms with Gasteiger partial charge in [0.15, 0.2) is 11.2 Å². The number of aromatic nitrogens is 6. The van der Waals surface area contributed by atoms with Gasteiger partial charge in [0.1, 0.15) is 5.54 Å². The van der Waals surface area contributed by atoms with E-state index in [-0.39, 0.29) is 41.9 Å². The molecule has 52 heavy (non-hydrogen) atoms. The molecule has 0 spiro atoms. The Morgan fingerprint density at radius 3 is 2.25 bits per heavy atom. The predicted molar refractivity (Wildman–Crippen MR) is 183 cm³/mol. The quantitative estimate of drug-likeness (QED) is 0.119. The van der Waals surface area contributed by atoms with Gasteiger partial charge in [0, 0.05) is 58.5 Å². The topological polar surface area (TPSA) is 219 Å². The van der Waals surface area contributed by atoms with Gasteiger partial charge < -0.3 is 9.67 Å². The van der Waals surface area contributed by atoms with E-state index in [4.69, 9.17) is 0 Å². The average Bonchev–Trinajstić information content (AvgIpc) is 3.82. The van der Waals surface area contributed by atoms with E-state index in [0.29, 0.717) is 16.9 Å². The lowest BCUT2D eigenvalue weighted by Crippen LogP contribution is -2.57. The summed E-state index contributed by atoms with van der Waals surface area (Å²) in [4.78, 5) is 97.9. The number of nitro benzene ring substituents is 1. The Labute approximate surface area is 292 Å². The van der Waals surface area contributed by atoms with Crippen molar-refractivity contribution in [3.63, 3.8) is 0 Å². The largest absolute Gasteiger partial charge is 0.480 e. The van der Waals surface area contributed by atoms with Crippen LogP contribution in [0.5, 0.6) is 0 Å². The number of likely N-dealkylation sites (tertiary alicyclic amines) is 1. The van der Waals surface area contributed by atoms with Crippen molar-refractivity contribution >= 4 is 34.6 Å².